The van der Waals surface area contributed by atoms with Crippen LogP contribution in [0.15, 0.2) is 0 Å². The molecule has 0 amide bonds. The molecule has 0 saturated carbocycles. The van der Waals surface area contributed by atoms with Crippen molar-refractivity contribution in [1.29, 1.82) is 0 Å². The largest absolute Gasteiger partial charge is 0.465 e. The lowest BCUT2D eigenvalue weighted by Crippen LogP contribution is -2.09. The van der Waals surface area contributed by atoms with Crippen LogP contribution in [0.25, 0.3) is 0 Å². The van der Waals surface area contributed by atoms with E-state index in [4.69, 9.17) is 4.74 Å². The van der Waals surface area contributed by atoms with Crippen molar-refractivity contribution < 1.29 is 9.53 Å². The maximum absolute atomic E-state index is 11.0. The van der Waals surface area contributed by atoms with Crippen LogP contribution in [0.1, 0.15) is 27.2 Å². The van der Waals surface area contributed by atoms with E-state index in [1.54, 1.807) is 11.8 Å². The Kier molecular flexibility index (Phi) is 7.36. The van der Waals surface area contributed by atoms with Gasteiger partial charge in [-0.1, -0.05) is 20.8 Å². The standard InChI is InChI=1S/C9H18O2S/c1-4-12-6-5-11-9(10)7-8(2)3/h8H,4-7H2,1-3H3. The molecule has 0 aromatic rings. The van der Waals surface area contributed by atoms with E-state index in [0.29, 0.717) is 18.9 Å². The van der Waals surface area contributed by atoms with Crippen molar-refractivity contribution in [2.75, 3.05) is 18.1 Å². The number of hydrogen-bond acceptors (Lipinski definition) is 3. The molecule has 0 aromatic carbocycles. The number of esters is 1. The first-order valence-corrected chi connectivity index (χ1v) is 5.55. The fourth-order valence-electron chi connectivity index (χ4n) is 0.751. The molecular weight excluding hydrogens is 172 g/mol. The van der Waals surface area contributed by atoms with Crippen molar-refractivity contribution in [2.45, 2.75) is 27.2 Å². The summed E-state index contributed by atoms with van der Waals surface area (Å²) >= 11 is 1.79. The summed E-state index contributed by atoms with van der Waals surface area (Å²) < 4.78 is 5.00. The first-order chi connectivity index (χ1) is 5.66. The Morgan fingerprint density at radius 2 is 2.17 bits per heavy atom. The van der Waals surface area contributed by atoms with Crippen LogP contribution in [0.4, 0.5) is 0 Å². The van der Waals surface area contributed by atoms with Crippen molar-refractivity contribution in [2.24, 2.45) is 5.92 Å². The lowest BCUT2D eigenvalue weighted by molar-refractivity contribution is -0.143. The molecule has 3 heteroatoms. The Labute approximate surface area is 79.1 Å². The van der Waals surface area contributed by atoms with E-state index in [0.717, 1.165) is 11.5 Å². The fourth-order valence-corrected chi connectivity index (χ4v) is 1.24. The van der Waals surface area contributed by atoms with Gasteiger partial charge in [-0.25, -0.2) is 0 Å². The third-order valence-electron chi connectivity index (χ3n) is 1.27. The van der Waals surface area contributed by atoms with Gasteiger partial charge in [0.2, 0.25) is 0 Å². The minimum atomic E-state index is -0.0679. The van der Waals surface area contributed by atoms with Gasteiger partial charge in [0, 0.05) is 12.2 Å². The van der Waals surface area contributed by atoms with Crippen molar-refractivity contribution in [3.8, 4) is 0 Å². The third kappa shape index (κ3) is 7.92. The SMILES string of the molecule is CCSCCOC(=O)CC(C)C. The molecule has 2 nitrogen and oxygen atoms in total. The van der Waals surface area contributed by atoms with Gasteiger partial charge in [-0.3, -0.25) is 4.79 Å². The summed E-state index contributed by atoms with van der Waals surface area (Å²) in [6.07, 6.45) is 0.538. The summed E-state index contributed by atoms with van der Waals surface area (Å²) in [4.78, 5) is 11.0. The van der Waals surface area contributed by atoms with E-state index >= 15 is 0 Å². The molecule has 0 unspecified atom stereocenters. The molecule has 72 valence electrons. The quantitative estimate of drug-likeness (QED) is 0.475. The summed E-state index contributed by atoms with van der Waals surface area (Å²) in [7, 11) is 0. The van der Waals surface area contributed by atoms with Crippen LogP contribution in [0.2, 0.25) is 0 Å². The average molecular weight is 190 g/mol. The molecule has 0 aliphatic carbocycles. The highest BCUT2D eigenvalue weighted by Crippen LogP contribution is 2.02. The predicted molar refractivity (Wildman–Crippen MR) is 53.4 cm³/mol. The van der Waals surface area contributed by atoms with Gasteiger partial charge in [0.05, 0.1) is 0 Å². The van der Waals surface area contributed by atoms with Crippen LogP contribution in [0, 0.1) is 5.92 Å². The minimum Gasteiger partial charge on any atom is -0.465 e. The molecule has 0 saturated heterocycles. The molecule has 0 aliphatic rings. The average Bonchev–Trinajstić information content (AvgIpc) is 1.97. The van der Waals surface area contributed by atoms with Gasteiger partial charge in [-0.15, -0.1) is 0 Å². The maximum atomic E-state index is 11.0. The molecule has 0 fully saturated rings. The molecule has 0 N–H and O–H groups in total. The Hall–Kier alpha value is -0.180. The smallest absolute Gasteiger partial charge is 0.306 e. The van der Waals surface area contributed by atoms with E-state index in [9.17, 15) is 4.79 Å². The van der Waals surface area contributed by atoms with Gasteiger partial charge in [0.25, 0.3) is 0 Å². The zero-order valence-corrected chi connectivity index (χ0v) is 8.95. The molecule has 0 rings (SSSR count). The minimum absolute atomic E-state index is 0.0679. The number of carbonyl (C=O) groups is 1. The van der Waals surface area contributed by atoms with Crippen LogP contribution in [-0.2, 0) is 9.53 Å². The normalized spacial score (nSPS) is 10.3. The molecule has 12 heavy (non-hydrogen) atoms. The highest BCUT2D eigenvalue weighted by molar-refractivity contribution is 7.99. The lowest BCUT2D eigenvalue weighted by Gasteiger charge is -2.05. The second-order valence-corrected chi connectivity index (χ2v) is 4.41. The van der Waals surface area contributed by atoms with Crippen LogP contribution in [0.5, 0.6) is 0 Å². The van der Waals surface area contributed by atoms with Crippen LogP contribution >= 0.6 is 11.8 Å². The van der Waals surface area contributed by atoms with Gasteiger partial charge < -0.3 is 4.74 Å². The highest BCUT2D eigenvalue weighted by atomic mass is 32.2. The number of hydrogen-bond donors (Lipinski definition) is 0. The molecule has 0 spiro atoms. The van der Waals surface area contributed by atoms with Crippen LogP contribution in [0.3, 0.4) is 0 Å². The van der Waals surface area contributed by atoms with Gasteiger partial charge >= 0.3 is 5.97 Å². The summed E-state index contributed by atoms with van der Waals surface area (Å²) in [6.45, 7) is 6.69. The molecule has 0 heterocycles. The maximum Gasteiger partial charge on any atom is 0.306 e. The summed E-state index contributed by atoms with van der Waals surface area (Å²) in [5.41, 5.74) is 0. The van der Waals surface area contributed by atoms with Crippen molar-refractivity contribution >= 4 is 17.7 Å². The zero-order chi connectivity index (χ0) is 9.40. The van der Waals surface area contributed by atoms with E-state index in [1.807, 2.05) is 13.8 Å². The number of thioether (sulfide) groups is 1. The molecule has 0 radical (unpaired) electrons. The van der Waals surface area contributed by atoms with Crippen LogP contribution < -0.4 is 0 Å². The predicted octanol–water partition coefficient (Wildman–Crippen LogP) is 2.33. The second kappa shape index (κ2) is 7.47. The summed E-state index contributed by atoms with van der Waals surface area (Å²) in [5, 5.41) is 0. The first-order valence-electron chi connectivity index (χ1n) is 4.40. The van der Waals surface area contributed by atoms with E-state index < -0.39 is 0 Å². The molecule has 0 aliphatic heterocycles. The Morgan fingerprint density at radius 3 is 2.67 bits per heavy atom. The number of carbonyl (C=O) groups excluding carboxylic acids is 1. The third-order valence-corrected chi connectivity index (χ3v) is 2.13. The monoisotopic (exact) mass is 190 g/mol. The lowest BCUT2D eigenvalue weighted by atomic mass is 10.1. The van der Waals surface area contributed by atoms with Crippen molar-refractivity contribution in [3.63, 3.8) is 0 Å². The van der Waals surface area contributed by atoms with Gasteiger partial charge in [0.1, 0.15) is 6.61 Å². The van der Waals surface area contributed by atoms with E-state index in [2.05, 4.69) is 6.92 Å². The Morgan fingerprint density at radius 1 is 1.50 bits per heavy atom. The molecule has 0 atom stereocenters. The number of rotatable bonds is 6. The zero-order valence-electron chi connectivity index (χ0n) is 8.13. The van der Waals surface area contributed by atoms with E-state index in [1.165, 1.54) is 0 Å². The Balaban J connectivity index is 3.20. The van der Waals surface area contributed by atoms with Gasteiger partial charge in [0.15, 0.2) is 0 Å². The van der Waals surface area contributed by atoms with Crippen molar-refractivity contribution in [1.82, 2.24) is 0 Å². The van der Waals surface area contributed by atoms with Crippen molar-refractivity contribution in [3.05, 3.63) is 0 Å². The Bertz CT molecular complexity index is 124. The van der Waals surface area contributed by atoms with Crippen LogP contribution in [-0.4, -0.2) is 24.1 Å². The highest BCUT2D eigenvalue weighted by Gasteiger charge is 2.04. The second-order valence-electron chi connectivity index (χ2n) is 3.02. The van der Waals surface area contributed by atoms with Gasteiger partial charge in [-0.05, 0) is 11.7 Å². The van der Waals surface area contributed by atoms with E-state index in [-0.39, 0.29) is 5.97 Å². The van der Waals surface area contributed by atoms with Gasteiger partial charge in [-0.2, -0.15) is 11.8 Å². The first kappa shape index (κ1) is 11.8. The summed E-state index contributed by atoms with van der Waals surface area (Å²) in [6, 6.07) is 0. The fraction of sp³-hybridized carbons (Fsp3) is 0.889. The number of ether oxygens (including phenoxy) is 1. The molecule has 0 aromatic heterocycles. The summed E-state index contributed by atoms with van der Waals surface area (Å²) in [5.74, 6) is 2.33. The molecule has 0 bridgehead atoms. The topological polar surface area (TPSA) is 26.3 Å². The molecular formula is C9H18O2S.